The van der Waals surface area contributed by atoms with Crippen LogP contribution in [0.4, 0.5) is 0 Å². The van der Waals surface area contributed by atoms with E-state index in [-0.39, 0.29) is 11.5 Å². The van der Waals surface area contributed by atoms with Crippen molar-refractivity contribution in [1.29, 1.82) is 0 Å². The van der Waals surface area contributed by atoms with Gasteiger partial charge in [-0.25, -0.2) is 9.66 Å². The van der Waals surface area contributed by atoms with Gasteiger partial charge in [-0.05, 0) is 30.5 Å². The van der Waals surface area contributed by atoms with Crippen LogP contribution in [0.25, 0.3) is 10.9 Å². The molecule has 0 bridgehead atoms. The van der Waals surface area contributed by atoms with E-state index in [0.29, 0.717) is 28.3 Å². The van der Waals surface area contributed by atoms with Crippen LogP contribution in [0.3, 0.4) is 0 Å². The third-order valence-electron chi connectivity index (χ3n) is 4.22. The fourth-order valence-electron chi connectivity index (χ4n) is 3.00. The highest BCUT2D eigenvalue weighted by Gasteiger charge is 2.16. The van der Waals surface area contributed by atoms with Crippen LogP contribution in [0.5, 0.6) is 0 Å². The molecule has 0 aliphatic heterocycles. The highest BCUT2D eigenvalue weighted by Crippen LogP contribution is 2.28. The molecule has 1 heterocycles. The first-order valence-corrected chi connectivity index (χ1v) is 7.98. The van der Waals surface area contributed by atoms with Crippen molar-refractivity contribution in [3.8, 4) is 0 Å². The number of aromatic nitrogens is 2. The number of fused-ring (bicyclic) bond motifs is 1. The van der Waals surface area contributed by atoms with Gasteiger partial charge in [0.15, 0.2) is 0 Å². The van der Waals surface area contributed by atoms with Gasteiger partial charge in [0, 0.05) is 11.4 Å². The lowest BCUT2D eigenvalue weighted by atomic mass is 10.0. The summed E-state index contributed by atoms with van der Waals surface area (Å²) >= 11 is 5.91. The minimum Gasteiger partial charge on any atom is -0.273 e. The summed E-state index contributed by atoms with van der Waals surface area (Å²) in [7, 11) is 0. The second-order valence-corrected chi connectivity index (χ2v) is 6.24. The lowest BCUT2D eigenvalue weighted by Crippen LogP contribution is -2.33. The first-order chi connectivity index (χ1) is 10.6. The maximum atomic E-state index is 12.3. The first kappa shape index (κ1) is 15.0. The number of hydrogen-bond acceptors (Lipinski definition) is 3. The Balaban J connectivity index is 1.71. The van der Waals surface area contributed by atoms with E-state index in [2.05, 4.69) is 10.4 Å². The number of rotatable bonds is 4. The molecule has 2 aromatic rings. The van der Waals surface area contributed by atoms with Gasteiger partial charge in [0.2, 0.25) is 5.91 Å². The lowest BCUT2D eigenvalue weighted by molar-refractivity contribution is -0.117. The van der Waals surface area contributed by atoms with Crippen molar-refractivity contribution in [2.45, 2.75) is 38.5 Å². The number of amides is 1. The second kappa shape index (κ2) is 6.48. The van der Waals surface area contributed by atoms with Gasteiger partial charge in [-0.2, -0.15) is 0 Å². The Morgan fingerprint density at radius 2 is 2.14 bits per heavy atom. The average molecular weight is 320 g/mol. The molecule has 3 rings (SSSR count). The zero-order valence-electron chi connectivity index (χ0n) is 12.2. The molecule has 116 valence electrons. The van der Waals surface area contributed by atoms with Crippen molar-refractivity contribution in [1.82, 2.24) is 9.66 Å². The fraction of sp³-hybridized carbons (Fsp3) is 0.438. The summed E-state index contributed by atoms with van der Waals surface area (Å²) in [6, 6.07) is 4.93. The summed E-state index contributed by atoms with van der Waals surface area (Å²) in [5.74, 6) is 0.494. The first-order valence-electron chi connectivity index (χ1n) is 7.60. The quantitative estimate of drug-likeness (QED) is 0.941. The third-order valence-corrected chi connectivity index (χ3v) is 4.45. The molecule has 0 radical (unpaired) electrons. The van der Waals surface area contributed by atoms with Gasteiger partial charge >= 0.3 is 0 Å². The standard InChI is InChI=1S/C16H18ClN3O2/c17-12-6-7-14-13(9-12)16(22)20(10-18-14)19-15(21)8-5-11-3-1-2-4-11/h6-7,9-11H,1-5,8H2,(H,19,21). The minimum atomic E-state index is -0.318. The van der Waals surface area contributed by atoms with Crippen molar-refractivity contribution in [3.63, 3.8) is 0 Å². The fourth-order valence-corrected chi connectivity index (χ4v) is 3.17. The Labute approximate surface area is 133 Å². The number of carbonyl (C=O) groups excluding carboxylic acids is 1. The van der Waals surface area contributed by atoms with Gasteiger partial charge in [0.25, 0.3) is 5.56 Å². The highest BCUT2D eigenvalue weighted by molar-refractivity contribution is 6.31. The highest BCUT2D eigenvalue weighted by atomic mass is 35.5. The Bertz CT molecular complexity index is 751. The Morgan fingerprint density at radius 1 is 1.36 bits per heavy atom. The molecule has 1 aliphatic rings. The smallest absolute Gasteiger partial charge is 0.273 e. The van der Waals surface area contributed by atoms with Crippen molar-refractivity contribution >= 4 is 28.4 Å². The maximum absolute atomic E-state index is 12.3. The van der Waals surface area contributed by atoms with E-state index in [4.69, 9.17) is 11.6 Å². The van der Waals surface area contributed by atoms with Gasteiger partial charge in [-0.1, -0.05) is 37.3 Å². The minimum absolute atomic E-state index is 0.155. The van der Waals surface area contributed by atoms with Crippen molar-refractivity contribution in [3.05, 3.63) is 39.9 Å². The molecule has 1 aromatic heterocycles. The van der Waals surface area contributed by atoms with Crippen molar-refractivity contribution in [2.24, 2.45) is 5.92 Å². The molecule has 1 aliphatic carbocycles. The molecule has 0 atom stereocenters. The third kappa shape index (κ3) is 3.30. The van der Waals surface area contributed by atoms with E-state index in [9.17, 15) is 9.59 Å². The molecule has 1 amide bonds. The molecule has 5 nitrogen and oxygen atoms in total. The summed E-state index contributed by atoms with van der Waals surface area (Å²) in [4.78, 5) is 28.5. The van der Waals surface area contributed by atoms with Crippen LogP contribution in [-0.4, -0.2) is 15.6 Å². The van der Waals surface area contributed by atoms with Crippen LogP contribution in [0.2, 0.25) is 5.02 Å². The number of carbonyl (C=O) groups is 1. The van der Waals surface area contributed by atoms with Gasteiger partial charge in [0.05, 0.1) is 10.9 Å². The summed E-state index contributed by atoms with van der Waals surface area (Å²) < 4.78 is 1.13. The molecule has 1 aromatic carbocycles. The van der Waals surface area contributed by atoms with Crippen molar-refractivity contribution in [2.75, 3.05) is 5.43 Å². The normalized spacial score (nSPS) is 15.3. The zero-order chi connectivity index (χ0) is 15.5. The Hall–Kier alpha value is -1.88. The molecule has 1 fully saturated rings. The molecule has 22 heavy (non-hydrogen) atoms. The predicted octanol–water partition coefficient (Wildman–Crippen LogP) is 3.09. The van der Waals surface area contributed by atoms with Crippen LogP contribution in [0, 0.1) is 5.92 Å². The number of nitrogens with one attached hydrogen (secondary N) is 1. The lowest BCUT2D eigenvalue weighted by Gasteiger charge is -2.11. The molecule has 6 heteroatoms. The molecule has 1 saturated carbocycles. The summed E-state index contributed by atoms with van der Waals surface area (Å²) in [5, 5.41) is 0.864. The van der Waals surface area contributed by atoms with E-state index >= 15 is 0 Å². The van der Waals surface area contributed by atoms with E-state index in [1.54, 1.807) is 18.2 Å². The molecule has 0 spiro atoms. The van der Waals surface area contributed by atoms with Crippen LogP contribution >= 0.6 is 11.6 Å². The number of benzene rings is 1. The molecule has 0 unspecified atom stereocenters. The second-order valence-electron chi connectivity index (χ2n) is 5.81. The number of halogens is 1. The topological polar surface area (TPSA) is 64.0 Å². The van der Waals surface area contributed by atoms with Crippen LogP contribution in [0.1, 0.15) is 38.5 Å². The van der Waals surface area contributed by atoms with Gasteiger partial charge in [-0.3, -0.25) is 15.0 Å². The Morgan fingerprint density at radius 3 is 2.91 bits per heavy atom. The summed E-state index contributed by atoms with van der Waals surface area (Å²) in [6.45, 7) is 0. The van der Waals surface area contributed by atoms with Gasteiger partial charge < -0.3 is 0 Å². The van der Waals surface area contributed by atoms with E-state index < -0.39 is 0 Å². The zero-order valence-corrected chi connectivity index (χ0v) is 13.0. The molecular formula is C16H18ClN3O2. The van der Waals surface area contributed by atoms with E-state index in [0.717, 1.165) is 11.1 Å². The van der Waals surface area contributed by atoms with Crippen LogP contribution < -0.4 is 11.0 Å². The van der Waals surface area contributed by atoms with E-state index in [1.165, 1.54) is 32.0 Å². The monoisotopic (exact) mass is 319 g/mol. The van der Waals surface area contributed by atoms with Crippen LogP contribution in [0.15, 0.2) is 29.3 Å². The molecule has 0 saturated heterocycles. The number of hydrogen-bond donors (Lipinski definition) is 1. The SMILES string of the molecule is O=C(CCC1CCCC1)Nn1cnc2ccc(Cl)cc2c1=O. The van der Waals surface area contributed by atoms with Gasteiger partial charge in [-0.15, -0.1) is 0 Å². The average Bonchev–Trinajstić information content (AvgIpc) is 3.02. The molecule has 1 N–H and O–H groups in total. The van der Waals surface area contributed by atoms with E-state index in [1.807, 2.05) is 0 Å². The summed E-state index contributed by atoms with van der Waals surface area (Å²) in [6.07, 6.45) is 7.61. The number of nitrogens with zero attached hydrogens (tertiary/aromatic N) is 2. The summed E-state index contributed by atoms with van der Waals surface area (Å²) in [5.41, 5.74) is 2.85. The van der Waals surface area contributed by atoms with Crippen molar-refractivity contribution < 1.29 is 4.79 Å². The maximum Gasteiger partial charge on any atom is 0.280 e. The van der Waals surface area contributed by atoms with Crippen LogP contribution in [-0.2, 0) is 4.79 Å². The molecular weight excluding hydrogens is 302 g/mol. The predicted molar refractivity (Wildman–Crippen MR) is 86.6 cm³/mol. The van der Waals surface area contributed by atoms with Gasteiger partial charge in [0.1, 0.15) is 6.33 Å². The Kier molecular flexibility index (Phi) is 4.43. The largest absolute Gasteiger partial charge is 0.280 e.